The standard InChI is InChI=1S/C24H38O5/c1-5-9-24(27)29-23(20(4)17-25)12-8-10-21(26)15-18(2)14-19(3)16-22-11-6-7-13-28-22/h5-10,19-23,25-26H,2,11-17H2,1,3-4H3/b9-5-,10-8+. The maximum Gasteiger partial charge on any atom is 0.330 e. The minimum Gasteiger partial charge on any atom is -0.459 e. The zero-order valence-corrected chi connectivity index (χ0v) is 18.1. The summed E-state index contributed by atoms with van der Waals surface area (Å²) in [6.07, 6.45) is 13.7. The van der Waals surface area contributed by atoms with Crippen LogP contribution < -0.4 is 0 Å². The fourth-order valence-corrected chi connectivity index (χ4v) is 3.42. The molecule has 1 aliphatic heterocycles. The molecule has 0 aromatic rings. The second-order valence-electron chi connectivity index (χ2n) is 8.03. The first-order valence-corrected chi connectivity index (χ1v) is 10.6. The molecule has 0 radical (unpaired) electrons. The lowest BCUT2D eigenvalue weighted by atomic mass is 9.92. The third kappa shape index (κ3) is 11.2. The summed E-state index contributed by atoms with van der Waals surface area (Å²) in [6, 6.07) is 0. The number of hydrogen-bond acceptors (Lipinski definition) is 5. The maximum atomic E-state index is 11.7. The van der Waals surface area contributed by atoms with Gasteiger partial charge >= 0.3 is 5.97 Å². The molecule has 0 aromatic heterocycles. The highest BCUT2D eigenvalue weighted by molar-refractivity contribution is 5.81. The molecule has 0 fully saturated rings. The number of ether oxygens (including phenoxy) is 2. The van der Waals surface area contributed by atoms with Crippen LogP contribution in [0.5, 0.6) is 0 Å². The van der Waals surface area contributed by atoms with Crippen LogP contribution in [0.25, 0.3) is 0 Å². The highest BCUT2D eigenvalue weighted by atomic mass is 16.5. The first-order valence-electron chi connectivity index (χ1n) is 10.6. The lowest BCUT2D eigenvalue weighted by Gasteiger charge is -2.23. The quantitative estimate of drug-likeness (QED) is 0.273. The highest BCUT2D eigenvalue weighted by Gasteiger charge is 2.19. The van der Waals surface area contributed by atoms with E-state index in [0.717, 1.165) is 24.8 Å². The average molecular weight is 407 g/mol. The van der Waals surface area contributed by atoms with Gasteiger partial charge in [0.1, 0.15) is 6.10 Å². The van der Waals surface area contributed by atoms with Crippen LogP contribution in [0, 0.1) is 11.8 Å². The molecule has 5 atom stereocenters. The molecule has 0 saturated carbocycles. The molecule has 2 N–H and O–H groups in total. The Hall–Kier alpha value is -1.69. The van der Waals surface area contributed by atoms with Crippen molar-refractivity contribution in [3.63, 3.8) is 0 Å². The predicted molar refractivity (Wildman–Crippen MR) is 116 cm³/mol. The predicted octanol–water partition coefficient (Wildman–Crippen LogP) is 4.12. The Bertz CT molecular complexity index is 578. The molecule has 0 spiro atoms. The van der Waals surface area contributed by atoms with Crippen LogP contribution in [0.2, 0.25) is 0 Å². The van der Waals surface area contributed by atoms with Crippen molar-refractivity contribution in [3.8, 4) is 0 Å². The summed E-state index contributed by atoms with van der Waals surface area (Å²) in [5.74, 6) is -0.152. The van der Waals surface area contributed by atoms with E-state index in [-0.39, 0.29) is 18.6 Å². The Balaban J connectivity index is 2.40. The largest absolute Gasteiger partial charge is 0.459 e. The molecule has 0 saturated heterocycles. The molecule has 5 unspecified atom stereocenters. The van der Waals surface area contributed by atoms with Crippen molar-refractivity contribution in [1.29, 1.82) is 0 Å². The van der Waals surface area contributed by atoms with Crippen molar-refractivity contribution in [2.24, 2.45) is 11.8 Å². The molecule has 0 aromatic carbocycles. The molecule has 0 amide bonds. The second-order valence-corrected chi connectivity index (χ2v) is 8.03. The topological polar surface area (TPSA) is 76.0 Å². The Morgan fingerprint density at radius 1 is 1.34 bits per heavy atom. The molecule has 5 nitrogen and oxygen atoms in total. The summed E-state index contributed by atoms with van der Waals surface area (Å²) in [6.45, 7) is 10.5. The van der Waals surface area contributed by atoms with E-state index in [9.17, 15) is 15.0 Å². The zero-order chi connectivity index (χ0) is 21.6. The van der Waals surface area contributed by atoms with Crippen LogP contribution in [-0.2, 0) is 14.3 Å². The molecular weight excluding hydrogens is 368 g/mol. The van der Waals surface area contributed by atoms with Crippen molar-refractivity contribution >= 4 is 5.97 Å². The molecule has 5 heteroatoms. The molecule has 1 rings (SSSR count). The summed E-state index contributed by atoms with van der Waals surface area (Å²) in [7, 11) is 0. The number of esters is 1. The normalized spacial score (nSPS) is 21.2. The van der Waals surface area contributed by atoms with E-state index in [4.69, 9.17) is 9.47 Å². The molecular formula is C24H38O5. The minimum absolute atomic E-state index is 0.0701. The first kappa shape index (κ1) is 25.3. The van der Waals surface area contributed by atoms with Gasteiger partial charge in [0, 0.05) is 25.0 Å². The molecule has 164 valence electrons. The zero-order valence-electron chi connectivity index (χ0n) is 18.1. The summed E-state index contributed by atoms with van der Waals surface area (Å²) in [5, 5.41) is 19.6. The minimum atomic E-state index is -0.625. The average Bonchev–Trinajstić information content (AvgIpc) is 2.67. The fraction of sp³-hybridized carbons (Fsp3) is 0.625. The van der Waals surface area contributed by atoms with Gasteiger partial charge < -0.3 is 19.7 Å². The van der Waals surface area contributed by atoms with Gasteiger partial charge in [-0.05, 0) is 38.5 Å². The van der Waals surface area contributed by atoms with Gasteiger partial charge in [-0.2, -0.15) is 0 Å². The summed E-state index contributed by atoms with van der Waals surface area (Å²) < 4.78 is 11.1. The number of carbonyl (C=O) groups excluding carboxylic acids is 1. The molecule has 29 heavy (non-hydrogen) atoms. The van der Waals surface area contributed by atoms with Crippen molar-refractivity contribution in [2.45, 2.75) is 71.2 Å². The summed E-state index contributed by atoms with van der Waals surface area (Å²) >= 11 is 0. The highest BCUT2D eigenvalue weighted by Crippen LogP contribution is 2.23. The van der Waals surface area contributed by atoms with Crippen LogP contribution in [-0.4, -0.2) is 47.7 Å². The van der Waals surface area contributed by atoms with Gasteiger partial charge in [-0.25, -0.2) is 4.79 Å². The Morgan fingerprint density at radius 3 is 2.72 bits per heavy atom. The SMILES string of the molecule is C=C(CC(O)/C=C/CC(OC(=O)/C=C\C)C(C)CO)CC(C)CC1CC=CCO1. The van der Waals surface area contributed by atoms with E-state index in [1.807, 2.05) is 13.0 Å². The van der Waals surface area contributed by atoms with Gasteiger partial charge in [0.05, 0.1) is 18.8 Å². The van der Waals surface area contributed by atoms with Gasteiger partial charge in [-0.3, -0.25) is 0 Å². The number of aliphatic hydroxyl groups is 2. The first-order chi connectivity index (χ1) is 13.8. The third-order valence-electron chi connectivity index (χ3n) is 5.01. The lowest BCUT2D eigenvalue weighted by Crippen LogP contribution is -2.26. The lowest BCUT2D eigenvalue weighted by molar-refractivity contribution is -0.145. The van der Waals surface area contributed by atoms with Crippen LogP contribution in [0.4, 0.5) is 0 Å². The van der Waals surface area contributed by atoms with E-state index in [1.54, 1.807) is 19.1 Å². The fourth-order valence-electron chi connectivity index (χ4n) is 3.42. The van der Waals surface area contributed by atoms with Gasteiger partial charge in [-0.1, -0.05) is 56.4 Å². The monoisotopic (exact) mass is 406 g/mol. The Kier molecular flexibility index (Phi) is 12.5. The van der Waals surface area contributed by atoms with Crippen molar-refractivity contribution in [1.82, 2.24) is 0 Å². The van der Waals surface area contributed by atoms with E-state index in [2.05, 4.69) is 25.7 Å². The van der Waals surface area contributed by atoms with E-state index in [0.29, 0.717) is 25.4 Å². The van der Waals surface area contributed by atoms with E-state index in [1.165, 1.54) is 6.08 Å². The maximum absolute atomic E-state index is 11.7. The van der Waals surface area contributed by atoms with Gasteiger partial charge in [0.25, 0.3) is 0 Å². The summed E-state index contributed by atoms with van der Waals surface area (Å²) in [4.78, 5) is 11.7. The van der Waals surface area contributed by atoms with Crippen LogP contribution >= 0.6 is 0 Å². The number of allylic oxidation sites excluding steroid dienone is 1. The smallest absolute Gasteiger partial charge is 0.330 e. The van der Waals surface area contributed by atoms with Crippen molar-refractivity contribution in [3.05, 3.63) is 48.6 Å². The molecule has 0 aliphatic carbocycles. The molecule has 0 bridgehead atoms. The van der Waals surface area contributed by atoms with E-state index < -0.39 is 18.2 Å². The van der Waals surface area contributed by atoms with Crippen LogP contribution in [0.3, 0.4) is 0 Å². The number of aliphatic hydroxyl groups excluding tert-OH is 2. The Morgan fingerprint density at radius 2 is 2.10 bits per heavy atom. The summed E-state index contributed by atoms with van der Waals surface area (Å²) in [5.41, 5.74) is 1.01. The number of hydrogen-bond donors (Lipinski definition) is 2. The number of carbonyl (C=O) groups is 1. The third-order valence-corrected chi connectivity index (χ3v) is 5.01. The van der Waals surface area contributed by atoms with E-state index >= 15 is 0 Å². The van der Waals surface area contributed by atoms with Gasteiger partial charge in [0.2, 0.25) is 0 Å². The van der Waals surface area contributed by atoms with Gasteiger partial charge in [0.15, 0.2) is 0 Å². The van der Waals surface area contributed by atoms with Crippen molar-refractivity contribution in [2.75, 3.05) is 13.2 Å². The molecule has 1 heterocycles. The van der Waals surface area contributed by atoms with Crippen molar-refractivity contribution < 1.29 is 24.5 Å². The Labute approximate surface area is 175 Å². The molecule has 1 aliphatic rings. The second kappa shape index (κ2) is 14.3. The number of rotatable bonds is 13. The van der Waals surface area contributed by atoms with Crippen LogP contribution in [0.1, 0.15) is 52.9 Å². The van der Waals surface area contributed by atoms with Gasteiger partial charge in [-0.15, -0.1) is 0 Å². The van der Waals surface area contributed by atoms with Crippen LogP contribution in [0.15, 0.2) is 48.6 Å².